The van der Waals surface area contributed by atoms with Crippen molar-refractivity contribution in [2.24, 2.45) is 0 Å². The molecule has 9 aromatic rings. The zero-order valence-electron chi connectivity index (χ0n) is 47.5. The number of hydrogen-bond acceptors (Lipinski definition) is 4. The molecule has 10 rings (SSSR count). The van der Waals surface area contributed by atoms with Crippen LogP contribution in [0.1, 0.15) is 57.7 Å². The second kappa shape index (κ2) is 9.71. The monoisotopic (exact) mass is 644 g/mol. The summed E-state index contributed by atoms with van der Waals surface area (Å²) in [7, 11) is 0. The average Bonchev–Trinajstić information content (AvgIpc) is 4.00. The first-order chi connectivity index (χ1) is 33.1. The summed E-state index contributed by atoms with van der Waals surface area (Å²) >= 11 is 1.03. The van der Waals surface area contributed by atoms with Gasteiger partial charge in [0.15, 0.2) is 0 Å². The zero-order valence-corrected chi connectivity index (χ0v) is 24.3. The maximum atomic E-state index is 9.56. The minimum atomic E-state index is -3.62. The van der Waals surface area contributed by atoms with Crippen molar-refractivity contribution in [1.29, 1.82) is 0 Å². The largest absolute Gasteiger partial charge is 0.455 e. The molecule has 222 valence electrons. The highest BCUT2D eigenvalue weighted by Gasteiger charge is 2.35. The Hall–Kier alpha value is -5.58. The fourth-order valence-corrected chi connectivity index (χ4v) is 7.06. The van der Waals surface area contributed by atoms with Crippen molar-refractivity contribution in [3.8, 4) is 44.6 Å². The van der Waals surface area contributed by atoms with Gasteiger partial charge in [0.25, 0.3) is 0 Å². The first kappa shape index (κ1) is 12.2. The van der Waals surface area contributed by atoms with Gasteiger partial charge in [0, 0.05) is 45.6 Å². The summed E-state index contributed by atoms with van der Waals surface area (Å²) in [6, 6.07) is -9.14. The minimum Gasteiger partial charge on any atom is -0.455 e. The second-order valence-electron chi connectivity index (χ2n) is 10.7. The molecule has 0 aliphatic heterocycles. The van der Waals surface area contributed by atoms with Gasteiger partial charge in [-0.3, -0.25) is 0 Å². The van der Waals surface area contributed by atoms with Crippen LogP contribution in [-0.4, -0.2) is 9.97 Å². The van der Waals surface area contributed by atoms with E-state index in [1.165, 1.54) is 18.2 Å². The highest BCUT2D eigenvalue weighted by Crippen LogP contribution is 2.50. The summed E-state index contributed by atoms with van der Waals surface area (Å²) in [4.78, 5) is 8.85. The second-order valence-corrected chi connectivity index (χ2v) is 11.8. The van der Waals surface area contributed by atoms with Gasteiger partial charge in [0.2, 0.25) is 0 Å². The quantitative estimate of drug-likeness (QED) is 0.192. The molecule has 0 saturated heterocycles. The maximum Gasteiger partial charge on any atom is 0.143 e. The molecule has 0 fully saturated rings. The van der Waals surface area contributed by atoms with E-state index < -0.39 is 178 Å². The number of para-hydroxylation sites is 2. The van der Waals surface area contributed by atoms with Crippen LogP contribution in [0.2, 0.25) is 0 Å². The molecule has 0 saturated carbocycles. The smallest absolute Gasteiger partial charge is 0.143 e. The number of fused-ring (bicyclic) bond motifs is 9. The average molecular weight is 645 g/mol. The molecule has 4 heteroatoms. The lowest BCUT2D eigenvalue weighted by Gasteiger charge is -2.22. The van der Waals surface area contributed by atoms with Crippen LogP contribution < -0.4 is 0 Å². The van der Waals surface area contributed by atoms with Crippen LogP contribution in [0.3, 0.4) is 0 Å². The van der Waals surface area contributed by atoms with Crippen molar-refractivity contribution < 1.29 is 37.3 Å². The first-order valence-electron chi connectivity index (χ1n) is 26.0. The number of rotatable bonds is 3. The number of benzene rings is 6. The third-order valence-electron chi connectivity index (χ3n) is 8.09. The Kier molecular flexibility index (Phi) is 2.52. The van der Waals surface area contributed by atoms with E-state index >= 15 is 0 Å². The van der Waals surface area contributed by atoms with Crippen LogP contribution in [0.15, 0.2) is 138 Å². The summed E-state index contributed by atoms with van der Waals surface area (Å²) in [6.07, 6.45) is 1.07. The predicted molar refractivity (Wildman–Crippen MR) is 196 cm³/mol. The minimum absolute atomic E-state index is 0.00979. The first-order valence-corrected chi connectivity index (χ1v) is 14.8. The highest BCUT2D eigenvalue weighted by atomic mass is 32.1. The van der Waals surface area contributed by atoms with E-state index in [-0.39, 0.29) is 43.2 Å². The molecule has 6 aromatic carbocycles. The molecule has 1 aliphatic rings. The van der Waals surface area contributed by atoms with E-state index in [0.29, 0.717) is 4.70 Å². The fraction of sp³-hybridized carbons (Fsp3) is 0.0698. The summed E-state index contributed by atoms with van der Waals surface area (Å²) in [5.41, 5.74) is -8.70. The third kappa shape index (κ3) is 3.85. The van der Waals surface area contributed by atoms with E-state index in [2.05, 4.69) is 9.97 Å². The van der Waals surface area contributed by atoms with Crippen LogP contribution >= 0.6 is 11.3 Å². The number of furan rings is 1. The third-order valence-corrected chi connectivity index (χ3v) is 9.25. The molecular formula is C43H28N2OS. The molecule has 3 nitrogen and oxygen atoms in total. The van der Waals surface area contributed by atoms with E-state index in [9.17, 15) is 5.48 Å². The van der Waals surface area contributed by atoms with Gasteiger partial charge in [-0.1, -0.05) is 110 Å². The molecule has 3 heterocycles. The van der Waals surface area contributed by atoms with E-state index in [1.807, 2.05) is 0 Å². The normalized spacial score (nSPS) is 21.3. The van der Waals surface area contributed by atoms with Crippen LogP contribution in [-0.2, 0) is 5.41 Å². The predicted octanol–water partition coefficient (Wildman–Crippen LogP) is 12.1. The molecule has 0 bridgehead atoms. The topological polar surface area (TPSA) is 38.9 Å². The van der Waals surface area contributed by atoms with E-state index in [4.69, 9.17) is 31.8 Å². The van der Waals surface area contributed by atoms with Gasteiger partial charge in [0.05, 0.1) is 40.6 Å². The molecule has 0 amide bonds. The summed E-state index contributed by atoms with van der Waals surface area (Å²) in [5, 5.41) is -0.307. The molecule has 0 radical (unpaired) electrons. The van der Waals surface area contributed by atoms with Gasteiger partial charge < -0.3 is 4.42 Å². The Morgan fingerprint density at radius 3 is 2.43 bits per heavy atom. The molecule has 0 atom stereocenters. The van der Waals surface area contributed by atoms with Gasteiger partial charge in [-0.2, -0.15) is 0 Å². The molecule has 1 aliphatic carbocycles. The van der Waals surface area contributed by atoms with Gasteiger partial charge in [-0.25, -0.2) is 9.97 Å². The van der Waals surface area contributed by atoms with Crippen LogP contribution in [0, 0.1) is 0 Å². The van der Waals surface area contributed by atoms with Crippen LogP contribution in [0.5, 0.6) is 0 Å². The van der Waals surface area contributed by atoms with Gasteiger partial charge >= 0.3 is 0 Å². The molecule has 0 unspecified atom stereocenters. The molecule has 3 aromatic heterocycles. The molecular weight excluding hydrogens is 593 g/mol. The van der Waals surface area contributed by atoms with Crippen molar-refractivity contribution in [2.45, 2.75) is 19.1 Å². The van der Waals surface area contributed by atoms with Crippen molar-refractivity contribution in [1.82, 2.24) is 9.97 Å². The lowest BCUT2D eigenvalue weighted by Crippen LogP contribution is -2.14. The van der Waals surface area contributed by atoms with Crippen LogP contribution in [0.25, 0.3) is 86.9 Å². The van der Waals surface area contributed by atoms with Crippen molar-refractivity contribution in [3.63, 3.8) is 0 Å². The Labute approximate surface area is 309 Å². The molecule has 0 spiro atoms. The van der Waals surface area contributed by atoms with Crippen molar-refractivity contribution >= 4 is 53.6 Å². The summed E-state index contributed by atoms with van der Waals surface area (Å²) in [5.74, 6) is 0. The number of aromatic nitrogens is 2. The molecule has 47 heavy (non-hydrogen) atoms. The SMILES string of the molecule is [2H]c1c([2H])c(-c2c([2H])c([2H])c([2H])c3c2oc2c([2H])c([2H])c([2H])c([2H])c23)c([2H])c(-c2ncnc3c2sc2ccc(-c4c([2H])c([2H])c5c(c4[2H])C(C([2H])([2H])[2H])(C([2H])([2H])[2H])c4c([2H])c([2H])c([2H])c([2H])c4-5)cc23)c1[2H]. The maximum absolute atomic E-state index is 9.56. The Balaban J connectivity index is 1.23. The Morgan fingerprint density at radius 1 is 0.660 bits per heavy atom. The van der Waals surface area contributed by atoms with Crippen molar-refractivity contribution in [2.75, 3.05) is 0 Å². The van der Waals surface area contributed by atoms with Gasteiger partial charge in [0.1, 0.15) is 17.5 Å². The Morgan fingerprint density at radius 2 is 1.47 bits per heavy atom. The zero-order chi connectivity index (χ0) is 51.9. The number of nitrogens with zero attached hydrogens (tertiary/aromatic N) is 2. The van der Waals surface area contributed by atoms with Gasteiger partial charge in [-0.05, 0) is 69.2 Å². The Bertz CT molecular complexity index is 3950. The van der Waals surface area contributed by atoms with Crippen LogP contribution in [0.4, 0.5) is 0 Å². The van der Waals surface area contributed by atoms with E-state index in [0.717, 1.165) is 17.7 Å². The number of hydrogen-bond donors (Lipinski definition) is 0. The molecule has 0 N–H and O–H groups in total. The summed E-state index contributed by atoms with van der Waals surface area (Å²) < 4.78 is 218. The highest BCUT2D eigenvalue weighted by molar-refractivity contribution is 7.26. The van der Waals surface area contributed by atoms with Crippen molar-refractivity contribution in [3.05, 3.63) is 144 Å². The number of thiophene rings is 1. The fourth-order valence-electron chi connectivity index (χ4n) is 5.93. The standard InChI is InChI=1S/C43H28N2OS/c1-43(2)35-15-5-3-11-30(35)31-19-17-26(23-36(31)43)25-18-20-38-34(22-25)40-42(47-38)39(44-24-45-40)28-10-7-9-27(21-28)29-13-8-14-33-32-12-4-6-16-37(32)46-41(29)33/h3-24H,1-2H3/i1D3,2D3,3D,4D,5D,6D,7D,8D,9D,10D,11D,12D,13D,14D,15D,16D,17D,19D,21D,23D. The summed E-state index contributed by atoms with van der Waals surface area (Å²) in [6.45, 7) is -7.23. The van der Waals surface area contributed by atoms with E-state index in [1.54, 1.807) is 0 Å². The lowest BCUT2D eigenvalue weighted by molar-refractivity contribution is 0.660. The van der Waals surface area contributed by atoms with Gasteiger partial charge in [-0.15, -0.1) is 11.3 Å². The lowest BCUT2D eigenvalue weighted by atomic mass is 9.81.